The lowest BCUT2D eigenvalue weighted by atomic mass is 10.1. The zero-order chi connectivity index (χ0) is 19.7. The van der Waals surface area contributed by atoms with E-state index in [1.807, 2.05) is 30.6 Å². The molecular weight excluding hydrogens is 350 g/mol. The van der Waals surface area contributed by atoms with E-state index in [4.69, 9.17) is 14.5 Å². The minimum absolute atomic E-state index is 0.0473. The molecule has 6 nitrogen and oxygen atoms in total. The molecule has 0 aliphatic rings. The first kappa shape index (κ1) is 18.2. The summed E-state index contributed by atoms with van der Waals surface area (Å²) in [6.45, 7) is 8.33. The van der Waals surface area contributed by atoms with E-state index in [0.29, 0.717) is 0 Å². The minimum atomic E-state index is -0.0473. The third-order valence-electron chi connectivity index (χ3n) is 5.10. The molecule has 144 valence electrons. The van der Waals surface area contributed by atoms with E-state index in [0.717, 1.165) is 58.5 Å². The summed E-state index contributed by atoms with van der Waals surface area (Å²) >= 11 is 0. The number of nitrogens with zero attached hydrogens (tertiary/aromatic N) is 4. The zero-order valence-corrected chi connectivity index (χ0v) is 16.7. The highest BCUT2D eigenvalue weighted by atomic mass is 16.5. The van der Waals surface area contributed by atoms with Gasteiger partial charge in [0, 0.05) is 23.7 Å². The molecule has 0 aliphatic heterocycles. The van der Waals surface area contributed by atoms with Crippen LogP contribution < -0.4 is 0 Å². The molecule has 0 amide bonds. The Morgan fingerprint density at radius 2 is 1.89 bits per heavy atom. The molecular formula is C22H25N5O. The van der Waals surface area contributed by atoms with Crippen LogP contribution >= 0.6 is 0 Å². The Hall–Kier alpha value is -3.15. The highest BCUT2D eigenvalue weighted by Gasteiger charge is 2.24. The first-order valence-electron chi connectivity index (χ1n) is 9.75. The number of benzene rings is 1. The van der Waals surface area contributed by atoms with E-state index < -0.39 is 0 Å². The Bertz CT molecular complexity index is 1070. The Morgan fingerprint density at radius 3 is 2.54 bits per heavy atom. The maximum absolute atomic E-state index is 5.61. The number of aryl methyl sites for hydroxylation is 3. The van der Waals surface area contributed by atoms with E-state index in [1.54, 1.807) is 0 Å². The van der Waals surface area contributed by atoms with Crippen molar-refractivity contribution in [3.8, 4) is 22.6 Å². The molecule has 0 fully saturated rings. The Labute approximate surface area is 164 Å². The second-order valence-electron chi connectivity index (χ2n) is 6.98. The summed E-state index contributed by atoms with van der Waals surface area (Å²) in [6.07, 6.45) is 3.57. The van der Waals surface area contributed by atoms with E-state index in [2.05, 4.69) is 54.5 Å². The van der Waals surface area contributed by atoms with Crippen molar-refractivity contribution in [1.29, 1.82) is 0 Å². The predicted molar refractivity (Wildman–Crippen MR) is 109 cm³/mol. The van der Waals surface area contributed by atoms with Crippen molar-refractivity contribution < 1.29 is 4.52 Å². The van der Waals surface area contributed by atoms with Crippen molar-refractivity contribution in [2.45, 2.75) is 46.6 Å². The van der Waals surface area contributed by atoms with Crippen LogP contribution in [0.25, 0.3) is 22.6 Å². The first-order valence-corrected chi connectivity index (χ1v) is 9.75. The van der Waals surface area contributed by atoms with Crippen molar-refractivity contribution in [1.82, 2.24) is 24.7 Å². The predicted octanol–water partition coefficient (Wildman–Crippen LogP) is 4.97. The molecule has 0 aliphatic carbocycles. The van der Waals surface area contributed by atoms with Gasteiger partial charge in [0.25, 0.3) is 0 Å². The number of hydrogen-bond donors (Lipinski definition) is 1. The van der Waals surface area contributed by atoms with E-state index in [1.165, 1.54) is 0 Å². The standard InChI is InChI=1S/C22H25N5O/c1-5-17-12-18(28-26-17)15(4)27-13-23-21(16-10-8-7-9-11-16)22(27)20-14(3)24-19(6-2)25-20/h7-13,15H,5-6H2,1-4H3,(H,24,25)/t15-/m1/s1. The lowest BCUT2D eigenvalue weighted by Gasteiger charge is -2.14. The molecule has 1 N–H and O–H groups in total. The lowest BCUT2D eigenvalue weighted by Crippen LogP contribution is -2.07. The number of H-pyrrole nitrogens is 1. The maximum Gasteiger partial charge on any atom is 0.159 e. The quantitative estimate of drug-likeness (QED) is 0.516. The Kier molecular flexibility index (Phi) is 4.86. The lowest BCUT2D eigenvalue weighted by molar-refractivity contribution is 0.349. The van der Waals surface area contributed by atoms with Crippen LogP contribution in [-0.4, -0.2) is 24.7 Å². The van der Waals surface area contributed by atoms with Crippen LogP contribution in [0.1, 0.15) is 49.8 Å². The molecule has 28 heavy (non-hydrogen) atoms. The summed E-state index contributed by atoms with van der Waals surface area (Å²) < 4.78 is 7.74. The summed E-state index contributed by atoms with van der Waals surface area (Å²) in [4.78, 5) is 13.0. The number of aromatic nitrogens is 5. The summed E-state index contributed by atoms with van der Waals surface area (Å²) in [5, 5.41) is 4.15. The molecule has 4 rings (SSSR count). The van der Waals surface area contributed by atoms with Crippen molar-refractivity contribution in [2.75, 3.05) is 0 Å². The molecule has 1 aromatic carbocycles. The fourth-order valence-electron chi connectivity index (χ4n) is 3.45. The van der Waals surface area contributed by atoms with E-state index >= 15 is 0 Å². The van der Waals surface area contributed by atoms with Crippen LogP contribution in [0, 0.1) is 6.92 Å². The van der Waals surface area contributed by atoms with Crippen LogP contribution in [-0.2, 0) is 12.8 Å². The topological polar surface area (TPSA) is 72.5 Å². The van der Waals surface area contributed by atoms with Gasteiger partial charge in [0.1, 0.15) is 11.5 Å². The molecule has 6 heteroatoms. The van der Waals surface area contributed by atoms with E-state index in [9.17, 15) is 0 Å². The van der Waals surface area contributed by atoms with Crippen LogP contribution in [0.2, 0.25) is 0 Å². The van der Waals surface area contributed by atoms with Crippen molar-refractivity contribution in [2.24, 2.45) is 0 Å². The zero-order valence-electron chi connectivity index (χ0n) is 16.7. The van der Waals surface area contributed by atoms with Crippen LogP contribution in [0.4, 0.5) is 0 Å². The van der Waals surface area contributed by atoms with Gasteiger partial charge >= 0.3 is 0 Å². The smallest absolute Gasteiger partial charge is 0.159 e. The third kappa shape index (κ3) is 3.15. The normalized spacial score (nSPS) is 12.4. The third-order valence-corrected chi connectivity index (χ3v) is 5.10. The van der Waals surface area contributed by atoms with Gasteiger partial charge < -0.3 is 14.1 Å². The number of nitrogens with one attached hydrogen (secondary N) is 1. The fourth-order valence-corrected chi connectivity index (χ4v) is 3.45. The van der Waals surface area contributed by atoms with Gasteiger partial charge in [-0.25, -0.2) is 9.97 Å². The monoisotopic (exact) mass is 375 g/mol. The van der Waals surface area contributed by atoms with Gasteiger partial charge in [-0.1, -0.05) is 49.3 Å². The summed E-state index contributed by atoms with van der Waals surface area (Å²) in [5.41, 5.74) is 5.89. The molecule has 3 aromatic heterocycles. The molecule has 3 heterocycles. The molecule has 0 bridgehead atoms. The maximum atomic E-state index is 5.61. The molecule has 0 saturated heterocycles. The Balaban J connectivity index is 1.89. The summed E-state index contributed by atoms with van der Waals surface area (Å²) in [6, 6.07) is 12.2. The highest BCUT2D eigenvalue weighted by Crippen LogP contribution is 2.35. The Morgan fingerprint density at radius 1 is 1.11 bits per heavy atom. The average Bonchev–Trinajstić information content (AvgIpc) is 3.45. The number of rotatable bonds is 6. The molecule has 1 atom stereocenters. The van der Waals surface area contributed by atoms with Crippen molar-refractivity contribution >= 4 is 0 Å². The summed E-state index contributed by atoms with van der Waals surface area (Å²) in [5.74, 6) is 1.79. The van der Waals surface area contributed by atoms with Crippen LogP contribution in [0.15, 0.2) is 47.2 Å². The molecule has 4 aromatic rings. The van der Waals surface area contributed by atoms with Crippen molar-refractivity contribution in [3.05, 3.63) is 65.7 Å². The average molecular weight is 375 g/mol. The number of hydrogen-bond acceptors (Lipinski definition) is 4. The van der Waals surface area contributed by atoms with Gasteiger partial charge in [-0.05, 0) is 20.3 Å². The second-order valence-corrected chi connectivity index (χ2v) is 6.98. The van der Waals surface area contributed by atoms with Gasteiger partial charge in [0.15, 0.2) is 5.76 Å². The van der Waals surface area contributed by atoms with Gasteiger partial charge in [0.05, 0.1) is 29.5 Å². The van der Waals surface area contributed by atoms with Gasteiger partial charge in [0.2, 0.25) is 0 Å². The molecule has 0 radical (unpaired) electrons. The number of aromatic amines is 1. The van der Waals surface area contributed by atoms with Gasteiger partial charge in [-0.3, -0.25) is 0 Å². The van der Waals surface area contributed by atoms with Crippen LogP contribution in [0.3, 0.4) is 0 Å². The van der Waals surface area contributed by atoms with Crippen molar-refractivity contribution in [3.63, 3.8) is 0 Å². The fraction of sp³-hybridized carbons (Fsp3) is 0.318. The summed E-state index contributed by atoms with van der Waals surface area (Å²) in [7, 11) is 0. The molecule has 0 saturated carbocycles. The largest absolute Gasteiger partial charge is 0.359 e. The second kappa shape index (κ2) is 7.46. The number of imidazole rings is 2. The van der Waals surface area contributed by atoms with Gasteiger partial charge in [-0.2, -0.15) is 0 Å². The van der Waals surface area contributed by atoms with Crippen LogP contribution in [0.5, 0.6) is 0 Å². The minimum Gasteiger partial charge on any atom is -0.359 e. The van der Waals surface area contributed by atoms with Gasteiger partial charge in [-0.15, -0.1) is 0 Å². The van der Waals surface area contributed by atoms with E-state index in [-0.39, 0.29) is 6.04 Å². The SMILES string of the molecule is CCc1cc([C@@H](C)n2cnc(-c3ccccc3)c2-c2nc(CC)[nH]c2C)on1. The molecule has 0 spiro atoms. The first-order chi connectivity index (χ1) is 13.6. The molecule has 0 unspecified atom stereocenters. The highest BCUT2D eigenvalue weighted by molar-refractivity contribution is 5.78.